The van der Waals surface area contributed by atoms with Crippen LogP contribution in [0.15, 0.2) is 0 Å². The van der Waals surface area contributed by atoms with Gasteiger partial charge in [0, 0.05) is 38.5 Å². The maximum Gasteiger partial charge on any atom is 0.338 e. The van der Waals surface area contributed by atoms with Gasteiger partial charge in [-0.05, 0) is 65.6 Å². The fraction of sp³-hybridized carbons (Fsp3) is 0.741. The van der Waals surface area contributed by atoms with E-state index in [1.54, 1.807) is 27.7 Å². The molecular weight excluding hydrogens is 568 g/mol. The van der Waals surface area contributed by atoms with Crippen molar-refractivity contribution in [1.29, 1.82) is 0 Å². The number of thiocarbonyl (C=S) groups is 1. The van der Waals surface area contributed by atoms with Gasteiger partial charge in [-0.3, -0.25) is 19.2 Å². The number of carbonyl (C=O) groups is 6. The second kappa shape index (κ2) is 16.9. The maximum absolute atomic E-state index is 12.5. The zero-order valence-electron chi connectivity index (χ0n) is 25.4. The molecule has 0 radical (unpaired) electrons. The molecule has 1 heterocycles. The molecule has 42 heavy (non-hydrogen) atoms. The Bertz CT molecular complexity index is 1000. The topological polar surface area (TPSA) is 198 Å². The number of carbonyl (C=O) groups excluding carboxylic acids is 6. The van der Waals surface area contributed by atoms with Gasteiger partial charge < -0.3 is 36.6 Å². The van der Waals surface area contributed by atoms with Crippen LogP contribution in [0.5, 0.6) is 0 Å². The first-order chi connectivity index (χ1) is 19.4. The summed E-state index contributed by atoms with van der Waals surface area (Å²) >= 11 is 5.25. The molecule has 6 N–H and O–H groups in total. The number of hydrogen-bond donors (Lipinski definition) is 5. The van der Waals surface area contributed by atoms with Crippen LogP contribution in [0.1, 0.15) is 80.1 Å². The molecule has 0 spiro atoms. The van der Waals surface area contributed by atoms with Crippen molar-refractivity contribution in [2.24, 2.45) is 17.1 Å². The third kappa shape index (κ3) is 13.6. The van der Waals surface area contributed by atoms with Crippen molar-refractivity contribution in [3.8, 4) is 0 Å². The molecule has 238 valence electrons. The smallest absolute Gasteiger partial charge is 0.338 e. The standard InChI is InChI=1S/C27H46N6O8S/c1-17(2)22(37)18(8-7-13-29-24(28)39)32-19(34)16-31-25(42)30-14-11-27(5,6)40-15-12-26(3,4)23(38)41-33-20(35)9-10-21(33)36/h17-18H,7-16H2,1-6H3,(H,32,34)(H3,28,29,39)(H2,30,31,42). The van der Waals surface area contributed by atoms with E-state index in [0.717, 1.165) is 0 Å². The number of hydrogen-bond acceptors (Lipinski definition) is 9. The molecule has 0 saturated carbocycles. The van der Waals surface area contributed by atoms with E-state index < -0.39 is 46.8 Å². The minimum Gasteiger partial charge on any atom is -0.375 e. The zero-order chi connectivity index (χ0) is 32.1. The third-order valence-electron chi connectivity index (χ3n) is 6.59. The predicted molar refractivity (Wildman–Crippen MR) is 157 cm³/mol. The molecular formula is C27H46N6O8S. The first kappa shape index (κ1) is 36.7. The molecule has 0 aromatic carbocycles. The van der Waals surface area contributed by atoms with Crippen LogP contribution in [-0.2, 0) is 33.5 Å². The van der Waals surface area contributed by atoms with E-state index in [4.69, 9.17) is 27.5 Å². The molecule has 0 aromatic heterocycles. The van der Waals surface area contributed by atoms with Gasteiger partial charge >= 0.3 is 12.0 Å². The summed E-state index contributed by atoms with van der Waals surface area (Å²) in [6.07, 6.45) is 1.74. The molecule has 1 unspecified atom stereocenters. The highest BCUT2D eigenvalue weighted by Crippen LogP contribution is 2.26. The Hall–Kier alpha value is -3.33. The van der Waals surface area contributed by atoms with Crippen LogP contribution in [0.4, 0.5) is 4.79 Å². The average Bonchev–Trinajstić information content (AvgIpc) is 3.20. The second-order valence-corrected chi connectivity index (χ2v) is 12.1. The van der Waals surface area contributed by atoms with Gasteiger partial charge in [0.25, 0.3) is 11.8 Å². The van der Waals surface area contributed by atoms with Gasteiger partial charge in [0.2, 0.25) is 5.91 Å². The predicted octanol–water partition coefficient (Wildman–Crippen LogP) is 0.818. The lowest BCUT2D eigenvalue weighted by atomic mass is 9.90. The lowest BCUT2D eigenvalue weighted by molar-refractivity contribution is -0.205. The maximum atomic E-state index is 12.5. The van der Waals surface area contributed by atoms with Gasteiger partial charge in [0.1, 0.15) is 0 Å². The summed E-state index contributed by atoms with van der Waals surface area (Å²) in [7, 11) is 0. The van der Waals surface area contributed by atoms with Crippen LogP contribution in [0.2, 0.25) is 0 Å². The highest BCUT2D eigenvalue weighted by atomic mass is 32.1. The average molecular weight is 615 g/mol. The first-order valence-corrected chi connectivity index (χ1v) is 14.5. The van der Waals surface area contributed by atoms with Crippen molar-refractivity contribution >= 4 is 52.8 Å². The summed E-state index contributed by atoms with van der Waals surface area (Å²) in [6, 6.07) is -1.34. The van der Waals surface area contributed by atoms with Crippen LogP contribution in [0.25, 0.3) is 0 Å². The number of urea groups is 1. The number of imide groups is 1. The van der Waals surface area contributed by atoms with Crippen molar-refractivity contribution in [3.63, 3.8) is 0 Å². The summed E-state index contributed by atoms with van der Waals surface area (Å²) in [5.74, 6) is -2.52. The first-order valence-electron chi connectivity index (χ1n) is 14.1. The lowest BCUT2D eigenvalue weighted by Gasteiger charge is -2.29. The number of ketones is 1. The Morgan fingerprint density at radius 2 is 1.60 bits per heavy atom. The zero-order valence-corrected chi connectivity index (χ0v) is 26.2. The fourth-order valence-electron chi connectivity index (χ4n) is 3.77. The number of hydroxylamine groups is 2. The molecule has 1 fully saturated rings. The van der Waals surface area contributed by atoms with Crippen molar-refractivity contribution in [3.05, 3.63) is 0 Å². The molecule has 1 aliphatic rings. The molecule has 0 bridgehead atoms. The summed E-state index contributed by atoms with van der Waals surface area (Å²) < 4.78 is 5.96. The SMILES string of the molecule is CC(C)C(=O)C(CCCNC(N)=O)NC(=O)CNC(=S)NCCC(C)(C)OCCC(C)(C)C(=O)ON1C(=O)CCC1=O. The minimum absolute atomic E-state index is 0.0305. The number of ether oxygens (including phenoxy) is 1. The number of amides is 5. The summed E-state index contributed by atoms with van der Waals surface area (Å²) in [4.78, 5) is 76.7. The minimum atomic E-state index is -0.983. The molecule has 0 aromatic rings. The van der Waals surface area contributed by atoms with Crippen molar-refractivity contribution in [2.45, 2.75) is 91.7 Å². The quantitative estimate of drug-likeness (QED) is 0.0832. The Kier molecular flexibility index (Phi) is 14.8. The van der Waals surface area contributed by atoms with Crippen LogP contribution >= 0.6 is 12.2 Å². The molecule has 5 amide bonds. The van der Waals surface area contributed by atoms with Gasteiger partial charge in [-0.2, -0.15) is 0 Å². The van der Waals surface area contributed by atoms with Crippen LogP contribution < -0.4 is 27.0 Å². The molecule has 1 atom stereocenters. The van der Waals surface area contributed by atoms with Gasteiger partial charge in [-0.1, -0.05) is 13.8 Å². The summed E-state index contributed by atoms with van der Waals surface area (Å²) in [6.45, 7) is 11.4. The molecule has 1 rings (SSSR count). The Balaban J connectivity index is 2.38. The van der Waals surface area contributed by atoms with E-state index in [1.807, 2.05) is 13.8 Å². The summed E-state index contributed by atoms with van der Waals surface area (Å²) in [5, 5.41) is 11.8. The molecule has 14 nitrogen and oxygen atoms in total. The molecule has 15 heteroatoms. The van der Waals surface area contributed by atoms with Crippen molar-refractivity contribution in [2.75, 3.05) is 26.2 Å². The van der Waals surface area contributed by atoms with Crippen LogP contribution in [0, 0.1) is 11.3 Å². The number of nitrogens with zero attached hydrogens (tertiary/aromatic N) is 1. The normalized spacial score (nSPS) is 14.4. The van der Waals surface area contributed by atoms with Crippen LogP contribution in [-0.4, -0.2) is 83.6 Å². The third-order valence-corrected chi connectivity index (χ3v) is 6.88. The molecule has 1 saturated heterocycles. The van der Waals surface area contributed by atoms with E-state index >= 15 is 0 Å². The van der Waals surface area contributed by atoms with Gasteiger partial charge in [0.15, 0.2) is 10.9 Å². The van der Waals surface area contributed by atoms with E-state index in [-0.39, 0.29) is 42.8 Å². The Morgan fingerprint density at radius 3 is 2.17 bits per heavy atom. The number of rotatable bonds is 18. The summed E-state index contributed by atoms with van der Waals surface area (Å²) in [5.41, 5.74) is 3.49. The number of nitrogens with one attached hydrogen (secondary N) is 4. The van der Waals surface area contributed by atoms with E-state index in [1.165, 1.54) is 0 Å². The van der Waals surface area contributed by atoms with Gasteiger partial charge in [-0.25, -0.2) is 9.59 Å². The van der Waals surface area contributed by atoms with Crippen molar-refractivity contribution < 1.29 is 38.3 Å². The van der Waals surface area contributed by atoms with Gasteiger partial charge in [0.05, 0.1) is 23.6 Å². The second-order valence-electron chi connectivity index (χ2n) is 11.7. The molecule has 0 aliphatic carbocycles. The van der Waals surface area contributed by atoms with Gasteiger partial charge in [-0.15, -0.1) is 5.06 Å². The van der Waals surface area contributed by atoms with Crippen LogP contribution in [0.3, 0.4) is 0 Å². The highest BCUT2D eigenvalue weighted by molar-refractivity contribution is 7.80. The number of primary amides is 1. The number of Topliss-reactive ketones (excluding diaryl/α,β-unsaturated/α-hetero) is 1. The van der Waals surface area contributed by atoms with E-state index in [9.17, 15) is 28.8 Å². The largest absolute Gasteiger partial charge is 0.375 e. The Morgan fingerprint density at radius 1 is 0.976 bits per heavy atom. The Labute approximate surface area is 252 Å². The fourth-order valence-corrected chi connectivity index (χ4v) is 3.95. The number of nitrogens with two attached hydrogens (primary N) is 1. The highest BCUT2D eigenvalue weighted by Gasteiger charge is 2.38. The molecule has 1 aliphatic heterocycles. The monoisotopic (exact) mass is 614 g/mol. The van der Waals surface area contributed by atoms with Crippen molar-refractivity contribution in [1.82, 2.24) is 26.3 Å². The lowest BCUT2D eigenvalue weighted by Crippen LogP contribution is -2.48. The van der Waals surface area contributed by atoms with E-state index in [0.29, 0.717) is 43.8 Å². The van der Waals surface area contributed by atoms with E-state index in [2.05, 4.69) is 21.3 Å².